The Bertz CT molecular complexity index is 432. The van der Waals surface area contributed by atoms with Gasteiger partial charge in [0.15, 0.2) is 0 Å². The van der Waals surface area contributed by atoms with Crippen LogP contribution in [0.3, 0.4) is 0 Å². The SMILES string of the molecule is CC(N)C(=O)NCC1CN(Cc2ccccc2)CCO1.Cl.Cl. The molecule has 2 unspecified atom stereocenters. The highest BCUT2D eigenvalue weighted by Gasteiger charge is 2.21. The third kappa shape index (κ3) is 6.94. The van der Waals surface area contributed by atoms with Crippen LogP contribution in [0.15, 0.2) is 30.3 Å². The van der Waals surface area contributed by atoms with Gasteiger partial charge in [-0.1, -0.05) is 30.3 Å². The van der Waals surface area contributed by atoms with E-state index in [1.807, 2.05) is 6.07 Å². The van der Waals surface area contributed by atoms with Gasteiger partial charge in [-0.15, -0.1) is 24.8 Å². The maximum absolute atomic E-state index is 11.5. The standard InChI is InChI=1S/C15H23N3O2.2ClH/c1-12(16)15(19)17-9-14-11-18(7-8-20-14)10-13-5-3-2-4-6-13;;/h2-6,12,14H,7-11,16H2,1H3,(H,17,19);2*1H. The molecule has 2 rings (SSSR count). The number of hydrogen-bond donors (Lipinski definition) is 2. The fraction of sp³-hybridized carbons (Fsp3) is 0.533. The Balaban J connectivity index is 0.00000220. The summed E-state index contributed by atoms with van der Waals surface area (Å²) in [7, 11) is 0. The molecule has 1 heterocycles. The van der Waals surface area contributed by atoms with Gasteiger partial charge < -0.3 is 15.8 Å². The van der Waals surface area contributed by atoms with Gasteiger partial charge in [-0.25, -0.2) is 0 Å². The first-order chi connectivity index (χ1) is 9.65. The zero-order chi connectivity index (χ0) is 14.4. The first-order valence-electron chi connectivity index (χ1n) is 7.06. The van der Waals surface area contributed by atoms with Crippen molar-refractivity contribution < 1.29 is 9.53 Å². The molecular weight excluding hydrogens is 325 g/mol. The summed E-state index contributed by atoms with van der Waals surface area (Å²) in [4.78, 5) is 13.8. The largest absolute Gasteiger partial charge is 0.374 e. The van der Waals surface area contributed by atoms with Crippen LogP contribution in [-0.4, -0.2) is 49.2 Å². The van der Waals surface area contributed by atoms with Crippen LogP contribution in [0.25, 0.3) is 0 Å². The number of hydrogen-bond acceptors (Lipinski definition) is 4. The second kappa shape index (κ2) is 10.8. The summed E-state index contributed by atoms with van der Waals surface area (Å²) in [5, 5.41) is 2.82. The van der Waals surface area contributed by atoms with E-state index in [0.29, 0.717) is 13.2 Å². The average molecular weight is 350 g/mol. The van der Waals surface area contributed by atoms with Crippen LogP contribution in [0, 0.1) is 0 Å². The van der Waals surface area contributed by atoms with Crippen molar-refractivity contribution in [1.29, 1.82) is 0 Å². The highest BCUT2D eigenvalue weighted by molar-refractivity contribution is 5.85. The minimum absolute atomic E-state index is 0. The van der Waals surface area contributed by atoms with Crippen molar-refractivity contribution in [2.45, 2.75) is 25.6 Å². The highest BCUT2D eigenvalue weighted by atomic mass is 35.5. The summed E-state index contributed by atoms with van der Waals surface area (Å²) in [6, 6.07) is 9.91. The molecule has 1 amide bonds. The molecule has 0 aliphatic carbocycles. The molecule has 1 aliphatic heterocycles. The molecule has 0 bridgehead atoms. The number of nitrogens with zero attached hydrogens (tertiary/aromatic N) is 1. The molecule has 7 heteroatoms. The monoisotopic (exact) mass is 349 g/mol. The number of carbonyl (C=O) groups excluding carboxylic acids is 1. The average Bonchev–Trinajstić information content (AvgIpc) is 2.46. The fourth-order valence-electron chi connectivity index (χ4n) is 2.26. The van der Waals surface area contributed by atoms with E-state index in [0.717, 1.165) is 19.6 Å². The van der Waals surface area contributed by atoms with Gasteiger partial charge in [0.25, 0.3) is 0 Å². The van der Waals surface area contributed by atoms with Gasteiger partial charge >= 0.3 is 0 Å². The van der Waals surface area contributed by atoms with Crippen LogP contribution in [-0.2, 0) is 16.1 Å². The molecule has 0 spiro atoms. The number of rotatable bonds is 5. The van der Waals surface area contributed by atoms with Crippen molar-refractivity contribution in [1.82, 2.24) is 10.2 Å². The molecule has 1 aromatic carbocycles. The Kier molecular flexibility index (Phi) is 10.4. The fourth-order valence-corrected chi connectivity index (χ4v) is 2.26. The number of benzene rings is 1. The molecule has 1 saturated heterocycles. The van der Waals surface area contributed by atoms with Crippen molar-refractivity contribution in [2.75, 3.05) is 26.2 Å². The number of carbonyl (C=O) groups is 1. The highest BCUT2D eigenvalue weighted by Crippen LogP contribution is 2.10. The lowest BCUT2D eigenvalue weighted by molar-refractivity contribution is -0.123. The smallest absolute Gasteiger partial charge is 0.236 e. The molecule has 0 saturated carbocycles. The normalized spacial score (nSPS) is 19.5. The molecule has 1 aliphatic rings. The molecule has 1 aromatic rings. The van der Waals surface area contributed by atoms with Crippen LogP contribution in [0.4, 0.5) is 0 Å². The summed E-state index contributed by atoms with van der Waals surface area (Å²) < 4.78 is 5.68. The van der Waals surface area contributed by atoms with Gasteiger partial charge in [-0.2, -0.15) is 0 Å². The van der Waals surface area contributed by atoms with Gasteiger partial charge in [-0.3, -0.25) is 9.69 Å². The van der Waals surface area contributed by atoms with Crippen LogP contribution in [0.1, 0.15) is 12.5 Å². The van der Waals surface area contributed by atoms with E-state index in [4.69, 9.17) is 10.5 Å². The van der Waals surface area contributed by atoms with Crippen LogP contribution < -0.4 is 11.1 Å². The van der Waals surface area contributed by atoms with E-state index in [9.17, 15) is 4.79 Å². The topological polar surface area (TPSA) is 67.6 Å². The van der Waals surface area contributed by atoms with Gasteiger partial charge in [0, 0.05) is 26.2 Å². The first-order valence-corrected chi connectivity index (χ1v) is 7.06. The van der Waals surface area contributed by atoms with Crippen molar-refractivity contribution in [3.8, 4) is 0 Å². The molecule has 5 nitrogen and oxygen atoms in total. The van der Waals surface area contributed by atoms with Gasteiger partial charge in [0.1, 0.15) is 0 Å². The van der Waals surface area contributed by atoms with Crippen molar-refractivity contribution >= 4 is 30.7 Å². The van der Waals surface area contributed by atoms with E-state index in [1.165, 1.54) is 5.56 Å². The summed E-state index contributed by atoms with van der Waals surface area (Å²) in [6.07, 6.45) is 0.0372. The minimum atomic E-state index is -0.473. The summed E-state index contributed by atoms with van der Waals surface area (Å²) >= 11 is 0. The zero-order valence-corrected chi connectivity index (χ0v) is 14.4. The van der Waals surface area contributed by atoms with E-state index in [-0.39, 0.29) is 36.8 Å². The quantitative estimate of drug-likeness (QED) is 0.837. The second-order valence-electron chi connectivity index (χ2n) is 5.25. The molecule has 3 N–H and O–H groups in total. The maximum Gasteiger partial charge on any atom is 0.236 e. The molecule has 0 aromatic heterocycles. The Morgan fingerprint density at radius 1 is 1.41 bits per heavy atom. The van der Waals surface area contributed by atoms with Gasteiger partial charge in [-0.05, 0) is 12.5 Å². The summed E-state index contributed by atoms with van der Waals surface area (Å²) in [5.41, 5.74) is 6.82. The van der Waals surface area contributed by atoms with Crippen LogP contribution in [0.5, 0.6) is 0 Å². The number of ether oxygens (including phenoxy) is 1. The van der Waals surface area contributed by atoms with Crippen LogP contribution in [0.2, 0.25) is 0 Å². The Morgan fingerprint density at radius 3 is 2.73 bits per heavy atom. The third-order valence-electron chi connectivity index (χ3n) is 3.39. The molecule has 22 heavy (non-hydrogen) atoms. The molecule has 2 atom stereocenters. The third-order valence-corrected chi connectivity index (χ3v) is 3.39. The predicted octanol–water partition coefficient (Wildman–Crippen LogP) is 1.19. The molecule has 126 valence electrons. The van der Waals surface area contributed by atoms with E-state index in [1.54, 1.807) is 6.92 Å². The van der Waals surface area contributed by atoms with Gasteiger partial charge in [0.2, 0.25) is 5.91 Å². The Hall–Kier alpha value is -0.850. The predicted molar refractivity (Wildman–Crippen MR) is 92.6 cm³/mol. The van der Waals surface area contributed by atoms with Crippen molar-refractivity contribution in [3.63, 3.8) is 0 Å². The van der Waals surface area contributed by atoms with E-state index < -0.39 is 6.04 Å². The van der Waals surface area contributed by atoms with Crippen molar-refractivity contribution in [3.05, 3.63) is 35.9 Å². The van der Waals surface area contributed by atoms with E-state index >= 15 is 0 Å². The first kappa shape index (κ1) is 21.1. The number of halogens is 2. The second-order valence-corrected chi connectivity index (χ2v) is 5.25. The Labute approximate surface area is 144 Å². The van der Waals surface area contributed by atoms with Crippen molar-refractivity contribution in [2.24, 2.45) is 5.73 Å². The van der Waals surface area contributed by atoms with E-state index in [2.05, 4.69) is 34.5 Å². The zero-order valence-electron chi connectivity index (χ0n) is 12.7. The number of nitrogens with two attached hydrogens (primary N) is 1. The Morgan fingerprint density at radius 2 is 2.09 bits per heavy atom. The van der Waals surface area contributed by atoms with Gasteiger partial charge in [0.05, 0.1) is 18.8 Å². The molecule has 0 radical (unpaired) electrons. The minimum Gasteiger partial charge on any atom is -0.374 e. The molecular formula is C15H25Cl2N3O2. The number of morpholine rings is 1. The maximum atomic E-state index is 11.5. The lowest BCUT2D eigenvalue weighted by Crippen LogP contribution is -2.49. The number of nitrogens with one attached hydrogen (secondary N) is 1. The summed E-state index contributed by atoms with van der Waals surface area (Å²) in [6.45, 7) is 5.57. The lowest BCUT2D eigenvalue weighted by atomic mass is 10.2. The number of amides is 1. The van der Waals surface area contributed by atoms with Crippen LogP contribution >= 0.6 is 24.8 Å². The summed E-state index contributed by atoms with van der Waals surface area (Å²) in [5.74, 6) is -0.131. The lowest BCUT2D eigenvalue weighted by Gasteiger charge is -2.33. The molecule has 1 fully saturated rings.